The van der Waals surface area contributed by atoms with Crippen LogP contribution >= 0.6 is 0 Å². The van der Waals surface area contributed by atoms with Crippen molar-refractivity contribution in [3.63, 3.8) is 0 Å². The van der Waals surface area contributed by atoms with Gasteiger partial charge in [-0.25, -0.2) is 8.78 Å². The van der Waals surface area contributed by atoms with Crippen LogP contribution in [0.5, 0.6) is 11.5 Å². The van der Waals surface area contributed by atoms with E-state index >= 15 is 0 Å². The third-order valence-corrected chi connectivity index (χ3v) is 3.09. The number of hydrogen-bond acceptors (Lipinski definition) is 3. The lowest BCUT2D eigenvalue weighted by molar-refractivity contribution is 0.389. The highest BCUT2D eigenvalue weighted by molar-refractivity contribution is 5.46. The van der Waals surface area contributed by atoms with Gasteiger partial charge in [0.25, 0.3) is 0 Å². The quantitative estimate of drug-likeness (QED) is 0.935. The summed E-state index contributed by atoms with van der Waals surface area (Å²) in [5, 5.41) is 0. The van der Waals surface area contributed by atoms with Crippen molar-refractivity contribution in [1.82, 2.24) is 0 Å². The van der Waals surface area contributed by atoms with Gasteiger partial charge in [-0.05, 0) is 24.3 Å². The Bertz CT molecular complexity index is 597. The molecule has 0 fully saturated rings. The zero-order chi connectivity index (χ0) is 14.7. The molecule has 0 saturated carbocycles. The molecule has 1 atom stereocenters. The maximum absolute atomic E-state index is 13.8. The van der Waals surface area contributed by atoms with Crippen molar-refractivity contribution in [2.24, 2.45) is 5.73 Å². The van der Waals surface area contributed by atoms with Crippen LogP contribution in [0.1, 0.15) is 17.2 Å². The molecule has 0 amide bonds. The lowest BCUT2D eigenvalue weighted by Gasteiger charge is -2.18. The predicted molar refractivity (Wildman–Crippen MR) is 71.9 cm³/mol. The van der Waals surface area contributed by atoms with E-state index in [1.807, 2.05) is 0 Å². The number of benzene rings is 2. The van der Waals surface area contributed by atoms with Crippen LogP contribution < -0.4 is 15.2 Å². The molecule has 106 valence electrons. The topological polar surface area (TPSA) is 44.5 Å². The van der Waals surface area contributed by atoms with Gasteiger partial charge in [0.05, 0.1) is 20.3 Å². The highest BCUT2D eigenvalue weighted by atomic mass is 19.1. The molecule has 0 aliphatic rings. The Hall–Kier alpha value is -2.14. The molecule has 3 nitrogen and oxygen atoms in total. The Morgan fingerprint density at radius 2 is 1.65 bits per heavy atom. The third kappa shape index (κ3) is 2.58. The molecule has 2 aromatic rings. The number of halogens is 2. The fraction of sp³-hybridized carbons (Fsp3) is 0.200. The molecule has 2 N–H and O–H groups in total. The van der Waals surface area contributed by atoms with Gasteiger partial charge < -0.3 is 15.2 Å². The van der Waals surface area contributed by atoms with Crippen molar-refractivity contribution in [3.8, 4) is 11.5 Å². The largest absolute Gasteiger partial charge is 0.497 e. The predicted octanol–water partition coefficient (Wildman–Crippen LogP) is 3.03. The summed E-state index contributed by atoms with van der Waals surface area (Å²) in [6.07, 6.45) is 0. The third-order valence-electron chi connectivity index (χ3n) is 3.09. The highest BCUT2D eigenvalue weighted by Gasteiger charge is 2.21. The number of hydrogen-bond donors (Lipinski definition) is 1. The molecule has 0 aliphatic carbocycles. The van der Waals surface area contributed by atoms with Gasteiger partial charge in [-0.2, -0.15) is 0 Å². The SMILES string of the molecule is COc1ccc(C(N)c2c(F)cccc2F)c(OC)c1. The van der Waals surface area contributed by atoms with Gasteiger partial charge in [0.2, 0.25) is 0 Å². The van der Waals surface area contributed by atoms with E-state index in [9.17, 15) is 8.78 Å². The number of nitrogens with two attached hydrogens (primary N) is 1. The smallest absolute Gasteiger partial charge is 0.131 e. The maximum atomic E-state index is 13.8. The van der Waals surface area contributed by atoms with Crippen LogP contribution in [0.15, 0.2) is 36.4 Å². The molecule has 5 heteroatoms. The minimum Gasteiger partial charge on any atom is -0.497 e. The van der Waals surface area contributed by atoms with E-state index in [1.54, 1.807) is 18.2 Å². The number of ether oxygens (including phenoxy) is 2. The molecule has 2 rings (SSSR count). The molecular formula is C15H15F2NO2. The summed E-state index contributed by atoms with van der Waals surface area (Å²) in [7, 11) is 2.98. The zero-order valence-corrected chi connectivity index (χ0v) is 11.2. The standard InChI is InChI=1S/C15H15F2NO2/c1-19-9-6-7-10(13(8-9)20-2)15(18)14-11(16)4-3-5-12(14)17/h3-8,15H,18H2,1-2H3. The minimum atomic E-state index is -0.961. The summed E-state index contributed by atoms with van der Waals surface area (Å²) in [6, 6.07) is 7.60. The molecule has 0 saturated heterocycles. The molecule has 20 heavy (non-hydrogen) atoms. The zero-order valence-electron chi connectivity index (χ0n) is 11.2. The number of methoxy groups -OCH3 is 2. The van der Waals surface area contributed by atoms with Crippen LogP contribution in [0.4, 0.5) is 8.78 Å². The van der Waals surface area contributed by atoms with Crippen molar-refractivity contribution in [3.05, 3.63) is 59.2 Å². The molecular weight excluding hydrogens is 264 g/mol. The first-order valence-electron chi connectivity index (χ1n) is 6.00. The van der Waals surface area contributed by atoms with Gasteiger partial charge >= 0.3 is 0 Å². The van der Waals surface area contributed by atoms with Gasteiger partial charge in [0, 0.05) is 17.2 Å². The van der Waals surface area contributed by atoms with Crippen molar-refractivity contribution < 1.29 is 18.3 Å². The summed E-state index contributed by atoms with van der Waals surface area (Å²) in [5.74, 6) is -0.378. The molecule has 2 aromatic carbocycles. The Balaban J connectivity index is 2.50. The van der Waals surface area contributed by atoms with E-state index in [2.05, 4.69) is 0 Å². The first-order chi connectivity index (χ1) is 9.58. The van der Waals surface area contributed by atoms with E-state index in [0.29, 0.717) is 17.1 Å². The Kier molecular flexibility index (Phi) is 4.20. The van der Waals surface area contributed by atoms with E-state index in [1.165, 1.54) is 32.4 Å². The van der Waals surface area contributed by atoms with Crippen LogP contribution in [0.2, 0.25) is 0 Å². The normalized spacial score (nSPS) is 12.1. The second-order valence-corrected chi connectivity index (χ2v) is 4.22. The van der Waals surface area contributed by atoms with Crippen LogP contribution in [-0.4, -0.2) is 14.2 Å². The summed E-state index contributed by atoms with van der Waals surface area (Å²) in [5.41, 5.74) is 6.28. The Labute approximate surface area is 115 Å². The molecule has 0 bridgehead atoms. The average Bonchev–Trinajstić information content (AvgIpc) is 2.46. The van der Waals surface area contributed by atoms with E-state index in [-0.39, 0.29) is 5.56 Å². The molecule has 0 aliphatic heterocycles. The van der Waals surface area contributed by atoms with Gasteiger partial charge in [-0.1, -0.05) is 6.07 Å². The van der Waals surface area contributed by atoms with E-state index in [4.69, 9.17) is 15.2 Å². The second-order valence-electron chi connectivity index (χ2n) is 4.22. The lowest BCUT2D eigenvalue weighted by atomic mass is 9.97. The molecule has 0 spiro atoms. The molecule has 0 radical (unpaired) electrons. The summed E-state index contributed by atoms with van der Waals surface area (Å²) < 4.78 is 37.8. The summed E-state index contributed by atoms with van der Waals surface area (Å²) in [6.45, 7) is 0. The van der Waals surface area contributed by atoms with Crippen molar-refractivity contribution >= 4 is 0 Å². The van der Waals surface area contributed by atoms with Crippen molar-refractivity contribution in [2.45, 2.75) is 6.04 Å². The lowest BCUT2D eigenvalue weighted by Crippen LogP contribution is -2.16. The molecule has 0 aromatic heterocycles. The van der Waals surface area contributed by atoms with Crippen LogP contribution in [-0.2, 0) is 0 Å². The van der Waals surface area contributed by atoms with Gasteiger partial charge in [0.1, 0.15) is 23.1 Å². The first-order valence-corrected chi connectivity index (χ1v) is 6.00. The minimum absolute atomic E-state index is 0.184. The van der Waals surface area contributed by atoms with E-state index in [0.717, 1.165) is 0 Å². The average molecular weight is 279 g/mol. The van der Waals surface area contributed by atoms with Gasteiger partial charge in [-0.3, -0.25) is 0 Å². The monoisotopic (exact) mass is 279 g/mol. The fourth-order valence-corrected chi connectivity index (χ4v) is 2.04. The van der Waals surface area contributed by atoms with E-state index < -0.39 is 17.7 Å². The van der Waals surface area contributed by atoms with Gasteiger partial charge in [-0.15, -0.1) is 0 Å². The maximum Gasteiger partial charge on any atom is 0.131 e. The van der Waals surface area contributed by atoms with Crippen LogP contribution in [0.3, 0.4) is 0 Å². The van der Waals surface area contributed by atoms with Crippen molar-refractivity contribution in [2.75, 3.05) is 14.2 Å². The second kappa shape index (κ2) is 5.88. The van der Waals surface area contributed by atoms with Crippen LogP contribution in [0, 0.1) is 11.6 Å². The summed E-state index contributed by atoms with van der Waals surface area (Å²) >= 11 is 0. The fourth-order valence-electron chi connectivity index (χ4n) is 2.04. The number of rotatable bonds is 4. The van der Waals surface area contributed by atoms with Gasteiger partial charge in [0.15, 0.2) is 0 Å². The highest BCUT2D eigenvalue weighted by Crippen LogP contribution is 2.33. The Morgan fingerprint density at radius 3 is 2.20 bits per heavy atom. The first kappa shape index (κ1) is 14.3. The Morgan fingerprint density at radius 1 is 1.00 bits per heavy atom. The molecule has 1 unspecified atom stereocenters. The van der Waals surface area contributed by atoms with Crippen LogP contribution in [0.25, 0.3) is 0 Å². The molecule has 0 heterocycles. The summed E-state index contributed by atoms with van der Waals surface area (Å²) in [4.78, 5) is 0. The van der Waals surface area contributed by atoms with Crippen molar-refractivity contribution in [1.29, 1.82) is 0 Å².